The van der Waals surface area contributed by atoms with Gasteiger partial charge < -0.3 is 4.55 Å². The summed E-state index contributed by atoms with van der Waals surface area (Å²) in [5, 5.41) is 1.37. The molecule has 2 aromatic rings. The van der Waals surface area contributed by atoms with E-state index in [-0.39, 0.29) is 56.3 Å². The van der Waals surface area contributed by atoms with Gasteiger partial charge in [0.1, 0.15) is 10.1 Å². The van der Waals surface area contributed by atoms with Gasteiger partial charge in [-0.05, 0) is 46.9 Å². The van der Waals surface area contributed by atoms with Gasteiger partial charge in [-0.15, -0.1) is 0 Å². The average molecular weight is 330 g/mol. The van der Waals surface area contributed by atoms with Crippen LogP contribution in [-0.4, -0.2) is 13.0 Å². The van der Waals surface area contributed by atoms with Crippen molar-refractivity contribution < 1.29 is 64.4 Å². The fraction of sp³-hybridized carbons (Fsp3) is 0.375. The Bertz CT molecular complexity index is 724. The predicted octanol–water partition coefficient (Wildman–Crippen LogP) is 0.653. The third-order valence-corrected chi connectivity index (χ3v) is 4.36. The predicted molar refractivity (Wildman–Crippen MR) is 79.9 cm³/mol. The van der Waals surface area contributed by atoms with Crippen molar-refractivity contribution in [2.75, 3.05) is 0 Å². The van der Waals surface area contributed by atoms with Gasteiger partial charge in [-0.1, -0.05) is 44.9 Å². The molecule has 0 bridgehead atoms. The maximum atomic E-state index is 11.4. The molecule has 0 radical (unpaired) electrons. The maximum Gasteiger partial charge on any atom is 1.00 e. The molecule has 0 aromatic heterocycles. The molecule has 21 heavy (non-hydrogen) atoms. The first-order valence-electron chi connectivity index (χ1n) is 6.97. The van der Waals surface area contributed by atoms with Gasteiger partial charge in [0.25, 0.3) is 0 Å². The second-order valence-electron chi connectivity index (χ2n) is 5.05. The van der Waals surface area contributed by atoms with Gasteiger partial charge in [0, 0.05) is 0 Å². The van der Waals surface area contributed by atoms with Crippen LogP contribution in [0.5, 0.6) is 0 Å². The van der Waals surface area contributed by atoms with Crippen LogP contribution in [0.4, 0.5) is 0 Å². The molecule has 0 atom stereocenters. The van der Waals surface area contributed by atoms with Crippen LogP contribution in [0.15, 0.2) is 35.2 Å². The van der Waals surface area contributed by atoms with E-state index in [0.717, 1.165) is 36.6 Å². The normalized spacial score (nSPS) is 11.4. The summed E-state index contributed by atoms with van der Waals surface area (Å²) >= 11 is 0. The summed E-state index contributed by atoms with van der Waals surface area (Å²) in [5.41, 5.74) is 2.40. The summed E-state index contributed by atoms with van der Waals surface area (Å²) in [6.45, 7) is 4.22. The number of aryl methyl sites for hydroxylation is 2. The van der Waals surface area contributed by atoms with Crippen LogP contribution in [-0.2, 0) is 23.0 Å². The molecule has 0 aliphatic heterocycles. The Kier molecular flexibility index (Phi) is 7.53. The molecule has 2 aromatic carbocycles. The smallest absolute Gasteiger partial charge is 0.744 e. The number of rotatable bonds is 5. The van der Waals surface area contributed by atoms with Gasteiger partial charge in [0.05, 0.1) is 4.90 Å². The standard InChI is InChI=1S/C16H20O3S.K/c1-3-6-12-10-14-8-5-9-16(20(17,18)19)15(14)11-13(12)7-4-2;/h5,8-11H,3-4,6-7H2,1-2H3,(H,17,18,19);/q;+1/p-1. The average Bonchev–Trinajstić information content (AvgIpc) is 2.38. The first-order valence-corrected chi connectivity index (χ1v) is 8.38. The molecule has 108 valence electrons. The minimum absolute atomic E-state index is 0. The largest absolute Gasteiger partial charge is 1.00 e. The molecule has 0 N–H and O–H groups in total. The Labute approximate surface area is 169 Å². The molecular weight excluding hydrogens is 311 g/mol. The molecule has 2 rings (SSSR count). The fourth-order valence-corrected chi connectivity index (χ4v) is 3.30. The fourth-order valence-electron chi connectivity index (χ4n) is 2.61. The Hall–Kier alpha value is 0.246. The summed E-state index contributed by atoms with van der Waals surface area (Å²) in [4.78, 5) is -0.115. The summed E-state index contributed by atoms with van der Waals surface area (Å²) in [6, 6.07) is 8.79. The molecule has 0 saturated carbocycles. The van der Waals surface area contributed by atoms with Gasteiger partial charge in [-0.2, -0.15) is 0 Å². The third-order valence-electron chi connectivity index (χ3n) is 3.47. The number of hydrogen-bond donors (Lipinski definition) is 0. The van der Waals surface area contributed by atoms with Gasteiger partial charge in [0.2, 0.25) is 0 Å². The molecule has 0 aliphatic carbocycles. The van der Waals surface area contributed by atoms with E-state index in [1.807, 2.05) is 18.2 Å². The Balaban J connectivity index is 0.00000220. The number of fused-ring (bicyclic) bond motifs is 1. The topological polar surface area (TPSA) is 57.2 Å². The Morgan fingerprint density at radius 1 is 1.00 bits per heavy atom. The van der Waals surface area contributed by atoms with E-state index in [9.17, 15) is 13.0 Å². The van der Waals surface area contributed by atoms with Crippen LogP contribution in [0.1, 0.15) is 37.8 Å². The maximum absolute atomic E-state index is 11.4. The second kappa shape index (κ2) is 8.20. The van der Waals surface area contributed by atoms with E-state index in [1.165, 1.54) is 11.6 Å². The molecule has 5 heteroatoms. The van der Waals surface area contributed by atoms with Crippen molar-refractivity contribution in [2.45, 2.75) is 44.4 Å². The SMILES string of the molecule is CCCc1cc2cccc(S(=O)(=O)[O-])c2cc1CCC.[K+]. The first-order chi connectivity index (χ1) is 9.47. The molecule has 0 fully saturated rings. The summed E-state index contributed by atoms with van der Waals surface area (Å²) in [5.74, 6) is 0. The summed E-state index contributed by atoms with van der Waals surface area (Å²) in [7, 11) is -4.44. The number of benzene rings is 2. The van der Waals surface area contributed by atoms with Crippen molar-refractivity contribution in [3.8, 4) is 0 Å². The van der Waals surface area contributed by atoms with Gasteiger partial charge in [-0.3, -0.25) is 0 Å². The minimum Gasteiger partial charge on any atom is -0.744 e. The van der Waals surface area contributed by atoms with Crippen LogP contribution in [0.25, 0.3) is 10.8 Å². The van der Waals surface area contributed by atoms with E-state index in [4.69, 9.17) is 0 Å². The molecular formula is C16H19KO3S. The second-order valence-corrected chi connectivity index (χ2v) is 6.40. The van der Waals surface area contributed by atoms with E-state index in [1.54, 1.807) is 6.07 Å². The summed E-state index contributed by atoms with van der Waals surface area (Å²) in [6.07, 6.45) is 3.91. The van der Waals surface area contributed by atoms with Gasteiger partial charge >= 0.3 is 51.4 Å². The van der Waals surface area contributed by atoms with E-state index in [0.29, 0.717) is 5.39 Å². The first kappa shape index (κ1) is 19.3. The van der Waals surface area contributed by atoms with Crippen LogP contribution in [0, 0.1) is 0 Å². The van der Waals surface area contributed by atoms with E-state index in [2.05, 4.69) is 13.8 Å². The van der Waals surface area contributed by atoms with Crippen molar-refractivity contribution >= 4 is 20.9 Å². The Morgan fingerprint density at radius 2 is 1.57 bits per heavy atom. The van der Waals surface area contributed by atoms with Crippen LogP contribution < -0.4 is 51.4 Å². The Morgan fingerprint density at radius 3 is 2.10 bits per heavy atom. The molecule has 3 nitrogen and oxygen atoms in total. The molecule has 0 spiro atoms. The van der Waals surface area contributed by atoms with E-state index < -0.39 is 10.1 Å². The van der Waals surface area contributed by atoms with E-state index >= 15 is 0 Å². The van der Waals surface area contributed by atoms with Crippen LogP contribution in [0.2, 0.25) is 0 Å². The van der Waals surface area contributed by atoms with Gasteiger partial charge in [-0.25, -0.2) is 8.42 Å². The van der Waals surface area contributed by atoms with Crippen molar-refractivity contribution in [3.63, 3.8) is 0 Å². The summed E-state index contributed by atoms with van der Waals surface area (Å²) < 4.78 is 34.1. The zero-order valence-corrected chi connectivity index (χ0v) is 16.8. The quantitative estimate of drug-likeness (QED) is 0.597. The van der Waals surface area contributed by atoms with Crippen molar-refractivity contribution in [1.29, 1.82) is 0 Å². The molecule has 0 unspecified atom stereocenters. The zero-order chi connectivity index (χ0) is 14.8. The zero-order valence-electron chi connectivity index (χ0n) is 12.8. The van der Waals surface area contributed by atoms with Crippen molar-refractivity contribution in [2.24, 2.45) is 0 Å². The minimum atomic E-state index is -4.44. The molecule has 0 aliphatic rings. The number of hydrogen-bond acceptors (Lipinski definition) is 3. The van der Waals surface area contributed by atoms with Crippen molar-refractivity contribution in [3.05, 3.63) is 41.5 Å². The molecule has 0 amide bonds. The van der Waals surface area contributed by atoms with Crippen molar-refractivity contribution in [1.82, 2.24) is 0 Å². The molecule has 0 heterocycles. The molecule has 0 saturated heterocycles. The van der Waals surface area contributed by atoms with Gasteiger partial charge in [0.15, 0.2) is 0 Å². The van der Waals surface area contributed by atoms with Crippen LogP contribution >= 0.6 is 0 Å². The third kappa shape index (κ3) is 4.61. The van der Waals surface area contributed by atoms with Crippen LogP contribution in [0.3, 0.4) is 0 Å². The monoisotopic (exact) mass is 330 g/mol.